The van der Waals surface area contributed by atoms with Gasteiger partial charge in [0.1, 0.15) is 0 Å². The molecule has 1 saturated heterocycles. The standard InChI is InChI=1S/C21H20N4O3S3/c26-19(16-8-10-17(11-9-16)31(27,28)25-12-4-5-13-25)23-20(29)24-21-22-18(14-30-21)15-6-2-1-3-7-15/h1-3,6-11,14H,4-5,12-13H2,(H2,22,23,24,26,29). The average Bonchev–Trinajstić information content (AvgIpc) is 3.47. The van der Waals surface area contributed by atoms with E-state index in [-0.39, 0.29) is 10.0 Å². The van der Waals surface area contributed by atoms with E-state index in [1.54, 1.807) is 0 Å². The minimum absolute atomic E-state index is 0.118. The smallest absolute Gasteiger partial charge is 0.257 e. The third-order valence-corrected chi connectivity index (χ3v) is 7.72. The zero-order valence-corrected chi connectivity index (χ0v) is 18.9. The number of thiocarbonyl (C=S) groups is 1. The van der Waals surface area contributed by atoms with E-state index in [0.29, 0.717) is 23.8 Å². The van der Waals surface area contributed by atoms with Crippen LogP contribution in [0.15, 0.2) is 64.9 Å². The largest absolute Gasteiger partial charge is 0.308 e. The van der Waals surface area contributed by atoms with Crippen molar-refractivity contribution in [3.63, 3.8) is 0 Å². The second-order valence-electron chi connectivity index (χ2n) is 6.95. The molecule has 2 aromatic carbocycles. The molecule has 2 heterocycles. The molecule has 1 aromatic heterocycles. The fraction of sp³-hybridized carbons (Fsp3) is 0.190. The molecule has 1 amide bonds. The van der Waals surface area contributed by atoms with Crippen molar-refractivity contribution in [3.05, 3.63) is 65.5 Å². The Morgan fingerprint density at radius 3 is 2.39 bits per heavy atom. The van der Waals surface area contributed by atoms with Crippen molar-refractivity contribution in [2.24, 2.45) is 0 Å². The van der Waals surface area contributed by atoms with E-state index < -0.39 is 15.9 Å². The Morgan fingerprint density at radius 1 is 1.03 bits per heavy atom. The first kappa shape index (κ1) is 21.6. The van der Waals surface area contributed by atoms with Gasteiger partial charge in [-0.15, -0.1) is 11.3 Å². The molecule has 3 aromatic rings. The summed E-state index contributed by atoms with van der Waals surface area (Å²) in [4.78, 5) is 17.1. The van der Waals surface area contributed by atoms with Gasteiger partial charge < -0.3 is 5.32 Å². The van der Waals surface area contributed by atoms with E-state index >= 15 is 0 Å². The molecule has 4 rings (SSSR count). The lowest BCUT2D eigenvalue weighted by molar-refractivity contribution is 0.0977. The van der Waals surface area contributed by atoms with Gasteiger partial charge in [-0.25, -0.2) is 13.4 Å². The maximum Gasteiger partial charge on any atom is 0.257 e. The van der Waals surface area contributed by atoms with Crippen LogP contribution in [0, 0.1) is 0 Å². The molecule has 160 valence electrons. The molecule has 0 bridgehead atoms. The summed E-state index contributed by atoms with van der Waals surface area (Å²) >= 11 is 6.60. The number of hydrogen-bond donors (Lipinski definition) is 2. The molecule has 1 aliphatic rings. The second kappa shape index (κ2) is 9.23. The van der Waals surface area contributed by atoms with E-state index in [1.165, 1.54) is 39.9 Å². The molecule has 0 unspecified atom stereocenters. The summed E-state index contributed by atoms with van der Waals surface area (Å²) in [5.41, 5.74) is 2.12. The van der Waals surface area contributed by atoms with Crippen molar-refractivity contribution < 1.29 is 13.2 Å². The maximum atomic E-state index is 12.6. The highest BCUT2D eigenvalue weighted by Crippen LogP contribution is 2.24. The van der Waals surface area contributed by atoms with Crippen molar-refractivity contribution in [2.75, 3.05) is 18.4 Å². The van der Waals surface area contributed by atoms with Crippen LogP contribution in [0.4, 0.5) is 5.13 Å². The number of anilines is 1. The first-order chi connectivity index (χ1) is 14.9. The summed E-state index contributed by atoms with van der Waals surface area (Å²) in [6.07, 6.45) is 1.74. The molecular formula is C21H20N4O3S3. The van der Waals surface area contributed by atoms with Gasteiger partial charge in [0.05, 0.1) is 10.6 Å². The van der Waals surface area contributed by atoms with Gasteiger partial charge >= 0.3 is 0 Å². The molecule has 1 fully saturated rings. The van der Waals surface area contributed by atoms with Crippen LogP contribution in [0.2, 0.25) is 0 Å². The monoisotopic (exact) mass is 472 g/mol. The molecule has 0 radical (unpaired) electrons. The average molecular weight is 473 g/mol. The summed E-state index contributed by atoms with van der Waals surface area (Å²) in [6, 6.07) is 15.6. The number of carbonyl (C=O) groups is 1. The van der Waals surface area contributed by atoms with E-state index in [4.69, 9.17) is 12.2 Å². The number of thiazole rings is 1. The number of nitrogens with one attached hydrogen (secondary N) is 2. The van der Waals surface area contributed by atoms with Crippen molar-refractivity contribution in [2.45, 2.75) is 17.7 Å². The second-order valence-corrected chi connectivity index (χ2v) is 10.2. The van der Waals surface area contributed by atoms with Crippen molar-refractivity contribution in [3.8, 4) is 11.3 Å². The Morgan fingerprint density at radius 2 is 1.71 bits per heavy atom. The number of nitrogens with zero attached hydrogens (tertiary/aromatic N) is 2. The fourth-order valence-corrected chi connectivity index (χ4v) is 5.73. The van der Waals surface area contributed by atoms with E-state index in [1.807, 2.05) is 35.7 Å². The number of sulfonamides is 1. The SMILES string of the molecule is O=C(NC(=S)Nc1nc(-c2ccccc2)cs1)c1ccc(S(=O)(=O)N2CCCC2)cc1. The quantitative estimate of drug-likeness (QED) is 0.550. The first-order valence-corrected chi connectivity index (χ1v) is 12.4. The molecular weight excluding hydrogens is 452 g/mol. The molecule has 10 heteroatoms. The Balaban J connectivity index is 1.37. The first-order valence-electron chi connectivity index (χ1n) is 9.67. The van der Waals surface area contributed by atoms with Crippen LogP contribution >= 0.6 is 23.6 Å². The highest BCUT2D eigenvalue weighted by Gasteiger charge is 2.27. The van der Waals surface area contributed by atoms with E-state index in [9.17, 15) is 13.2 Å². The summed E-state index contributed by atoms with van der Waals surface area (Å²) in [6.45, 7) is 1.07. The highest BCUT2D eigenvalue weighted by atomic mass is 32.2. The Bertz CT molecular complexity index is 1190. The molecule has 2 N–H and O–H groups in total. The van der Waals surface area contributed by atoms with Crippen LogP contribution in [-0.4, -0.2) is 41.8 Å². The van der Waals surface area contributed by atoms with E-state index in [2.05, 4.69) is 15.6 Å². The van der Waals surface area contributed by atoms with Crippen molar-refractivity contribution >= 4 is 49.7 Å². The summed E-state index contributed by atoms with van der Waals surface area (Å²) in [5.74, 6) is -0.428. The van der Waals surface area contributed by atoms with Gasteiger partial charge in [0, 0.05) is 29.6 Å². The topological polar surface area (TPSA) is 91.4 Å². The zero-order chi connectivity index (χ0) is 21.8. The molecule has 1 aliphatic heterocycles. The van der Waals surface area contributed by atoms with Gasteiger partial charge in [-0.3, -0.25) is 10.1 Å². The molecule has 0 aliphatic carbocycles. The third kappa shape index (κ3) is 4.99. The van der Waals surface area contributed by atoms with Crippen LogP contribution in [0.5, 0.6) is 0 Å². The number of rotatable bonds is 5. The van der Waals surface area contributed by atoms with Gasteiger partial charge in [0.15, 0.2) is 10.2 Å². The zero-order valence-electron chi connectivity index (χ0n) is 16.4. The number of benzene rings is 2. The number of amides is 1. The van der Waals surface area contributed by atoms with Crippen LogP contribution < -0.4 is 10.6 Å². The van der Waals surface area contributed by atoms with Crippen molar-refractivity contribution in [1.29, 1.82) is 0 Å². The molecule has 0 atom stereocenters. The summed E-state index contributed by atoms with van der Waals surface area (Å²) in [7, 11) is -3.51. The predicted octanol–water partition coefficient (Wildman–Crippen LogP) is 3.72. The molecule has 0 saturated carbocycles. The lowest BCUT2D eigenvalue weighted by Crippen LogP contribution is -2.34. The third-order valence-electron chi connectivity index (χ3n) is 4.84. The molecule has 31 heavy (non-hydrogen) atoms. The highest BCUT2D eigenvalue weighted by molar-refractivity contribution is 7.89. The molecule has 0 spiro atoms. The Labute approximate surface area is 190 Å². The summed E-state index contributed by atoms with van der Waals surface area (Å²) in [5, 5.41) is 8.09. The van der Waals surface area contributed by atoms with Crippen molar-refractivity contribution in [1.82, 2.24) is 14.6 Å². The minimum atomic E-state index is -3.51. The number of hydrogen-bond acceptors (Lipinski definition) is 6. The van der Waals surface area contributed by atoms with E-state index in [0.717, 1.165) is 24.1 Å². The Kier molecular flexibility index (Phi) is 6.42. The Hall–Kier alpha value is -2.66. The fourth-order valence-electron chi connectivity index (χ4n) is 3.23. The summed E-state index contributed by atoms with van der Waals surface area (Å²) < 4.78 is 26.7. The van der Waals surface area contributed by atoms with Gasteiger partial charge in [-0.05, 0) is 49.3 Å². The molecule has 7 nitrogen and oxygen atoms in total. The van der Waals surface area contributed by atoms with Gasteiger partial charge in [-0.2, -0.15) is 4.31 Å². The number of carbonyl (C=O) groups excluding carboxylic acids is 1. The van der Waals surface area contributed by atoms with Gasteiger partial charge in [0.2, 0.25) is 10.0 Å². The predicted molar refractivity (Wildman–Crippen MR) is 126 cm³/mol. The van der Waals surface area contributed by atoms with Crippen LogP contribution in [0.25, 0.3) is 11.3 Å². The van der Waals surface area contributed by atoms with Crippen LogP contribution in [0.1, 0.15) is 23.2 Å². The maximum absolute atomic E-state index is 12.6. The van der Waals surface area contributed by atoms with Gasteiger partial charge in [-0.1, -0.05) is 30.3 Å². The van der Waals surface area contributed by atoms with Crippen LogP contribution in [-0.2, 0) is 10.0 Å². The lowest BCUT2D eigenvalue weighted by Gasteiger charge is -2.15. The number of aromatic nitrogens is 1. The minimum Gasteiger partial charge on any atom is -0.308 e. The van der Waals surface area contributed by atoms with Crippen LogP contribution in [0.3, 0.4) is 0 Å². The normalized spacial score (nSPS) is 14.3. The lowest BCUT2D eigenvalue weighted by atomic mass is 10.2. The van der Waals surface area contributed by atoms with Gasteiger partial charge in [0.25, 0.3) is 5.91 Å².